The van der Waals surface area contributed by atoms with Crippen LogP contribution in [0.3, 0.4) is 0 Å². The topological polar surface area (TPSA) is 73.9 Å². The van der Waals surface area contributed by atoms with Crippen LogP contribution in [0.5, 0.6) is 11.5 Å². The van der Waals surface area contributed by atoms with Gasteiger partial charge in [0.2, 0.25) is 0 Å². The summed E-state index contributed by atoms with van der Waals surface area (Å²) < 4.78 is 16.1. The van der Waals surface area contributed by atoms with Crippen molar-refractivity contribution in [3.63, 3.8) is 0 Å². The fourth-order valence-electron chi connectivity index (χ4n) is 2.23. The van der Waals surface area contributed by atoms with Crippen molar-refractivity contribution in [3.8, 4) is 11.5 Å². The molecule has 0 saturated carbocycles. The molecule has 0 aromatic heterocycles. The van der Waals surface area contributed by atoms with Crippen LogP contribution in [0.25, 0.3) is 0 Å². The van der Waals surface area contributed by atoms with E-state index in [0.29, 0.717) is 30.2 Å². The molecule has 2 rings (SSSR count). The van der Waals surface area contributed by atoms with Crippen molar-refractivity contribution < 1.29 is 23.8 Å². The Morgan fingerprint density at radius 2 is 1.69 bits per heavy atom. The molecule has 138 valence electrons. The number of carbonyl (C=O) groups is 2. The number of amides is 1. The molecule has 0 radical (unpaired) electrons. The Balaban J connectivity index is 1.86. The molecule has 2 aromatic carbocycles. The van der Waals surface area contributed by atoms with E-state index in [0.717, 1.165) is 0 Å². The van der Waals surface area contributed by atoms with Gasteiger partial charge in [0.05, 0.1) is 12.3 Å². The zero-order valence-electron chi connectivity index (χ0n) is 14.9. The molecule has 0 aliphatic heterocycles. The van der Waals surface area contributed by atoms with Gasteiger partial charge in [-0.15, -0.1) is 0 Å². The number of carbonyl (C=O) groups excluding carboxylic acids is 2. The van der Waals surface area contributed by atoms with Crippen molar-refractivity contribution in [1.29, 1.82) is 0 Å². The molecular weight excluding hydrogens is 334 g/mol. The normalized spacial score (nSPS) is 11.3. The molecule has 1 atom stereocenters. The Bertz CT molecular complexity index is 717. The molecule has 6 heteroatoms. The monoisotopic (exact) mass is 357 g/mol. The zero-order valence-corrected chi connectivity index (χ0v) is 14.9. The number of esters is 1. The van der Waals surface area contributed by atoms with Crippen molar-refractivity contribution in [3.05, 3.63) is 54.6 Å². The van der Waals surface area contributed by atoms with E-state index in [1.54, 1.807) is 30.3 Å². The summed E-state index contributed by atoms with van der Waals surface area (Å²) in [6.45, 7) is 3.76. The average molecular weight is 357 g/mol. The quantitative estimate of drug-likeness (QED) is 0.696. The zero-order chi connectivity index (χ0) is 18.8. The van der Waals surface area contributed by atoms with Gasteiger partial charge in [0.15, 0.2) is 12.7 Å². The van der Waals surface area contributed by atoms with Gasteiger partial charge in [0.25, 0.3) is 5.91 Å². The van der Waals surface area contributed by atoms with Gasteiger partial charge in [-0.25, -0.2) is 4.79 Å². The van der Waals surface area contributed by atoms with Crippen LogP contribution in [0.4, 0.5) is 5.69 Å². The number of rotatable bonds is 9. The van der Waals surface area contributed by atoms with E-state index in [9.17, 15) is 9.59 Å². The third-order valence-electron chi connectivity index (χ3n) is 3.46. The molecule has 0 fully saturated rings. The molecule has 0 aliphatic carbocycles. The summed E-state index contributed by atoms with van der Waals surface area (Å²) in [6, 6.07) is 16.1. The SMILES string of the molecule is CCOc1ccccc1NC(=O)COC(=O)[C@H](CC)Oc1ccccc1. The van der Waals surface area contributed by atoms with Crippen LogP contribution in [0, 0.1) is 0 Å². The van der Waals surface area contributed by atoms with Gasteiger partial charge in [0, 0.05) is 0 Å². The molecule has 2 aromatic rings. The maximum Gasteiger partial charge on any atom is 0.347 e. The molecule has 6 nitrogen and oxygen atoms in total. The van der Waals surface area contributed by atoms with Crippen LogP contribution in [0.15, 0.2) is 54.6 Å². The number of benzene rings is 2. The third-order valence-corrected chi connectivity index (χ3v) is 3.46. The second-order valence-corrected chi connectivity index (χ2v) is 5.41. The van der Waals surface area contributed by atoms with Gasteiger partial charge in [-0.2, -0.15) is 0 Å². The van der Waals surface area contributed by atoms with Crippen LogP contribution >= 0.6 is 0 Å². The molecule has 1 amide bonds. The van der Waals surface area contributed by atoms with Crippen LogP contribution in [-0.2, 0) is 14.3 Å². The lowest BCUT2D eigenvalue weighted by Crippen LogP contribution is -2.31. The highest BCUT2D eigenvalue weighted by molar-refractivity contribution is 5.94. The number of hydrogen-bond acceptors (Lipinski definition) is 5. The predicted octanol–water partition coefficient (Wildman–Crippen LogP) is 3.42. The minimum atomic E-state index is -0.763. The Kier molecular flexibility index (Phi) is 7.49. The van der Waals surface area contributed by atoms with Gasteiger partial charge < -0.3 is 19.5 Å². The highest BCUT2D eigenvalue weighted by Crippen LogP contribution is 2.23. The van der Waals surface area contributed by atoms with E-state index >= 15 is 0 Å². The first kappa shape index (κ1) is 19.3. The lowest BCUT2D eigenvalue weighted by molar-refractivity contribution is -0.154. The summed E-state index contributed by atoms with van der Waals surface area (Å²) >= 11 is 0. The lowest BCUT2D eigenvalue weighted by atomic mass is 10.2. The highest BCUT2D eigenvalue weighted by atomic mass is 16.6. The number of hydrogen-bond donors (Lipinski definition) is 1. The van der Waals surface area contributed by atoms with Crippen molar-refractivity contribution in [2.45, 2.75) is 26.4 Å². The number of nitrogens with one attached hydrogen (secondary N) is 1. The van der Waals surface area contributed by atoms with E-state index in [-0.39, 0.29) is 0 Å². The fourth-order valence-corrected chi connectivity index (χ4v) is 2.23. The Morgan fingerprint density at radius 3 is 2.38 bits per heavy atom. The molecule has 0 saturated heterocycles. The maximum absolute atomic E-state index is 12.2. The van der Waals surface area contributed by atoms with E-state index < -0.39 is 24.6 Å². The van der Waals surface area contributed by atoms with Crippen molar-refractivity contribution in [2.24, 2.45) is 0 Å². The summed E-state index contributed by atoms with van der Waals surface area (Å²) in [5.41, 5.74) is 0.531. The second-order valence-electron chi connectivity index (χ2n) is 5.41. The van der Waals surface area contributed by atoms with Crippen LogP contribution in [-0.4, -0.2) is 31.2 Å². The van der Waals surface area contributed by atoms with Crippen molar-refractivity contribution in [1.82, 2.24) is 0 Å². The van der Waals surface area contributed by atoms with Gasteiger partial charge in [-0.3, -0.25) is 4.79 Å². The molecule has 26 heavy (non-hydrogen) atoms. The van der Waals surface area contributed by atoms with E-state index in [1.807, 2.05) is 38.1 Å². The maximum atomic E-state index is 12.2. The lowest BCUT2D eigenvalue weighted by Gasteiger charge is -2.16. The van der Waals surface area contributed by atoms with Gasteiger partial charge in [-0.05, 0) is 37.6 Å². The van der Waals surface area contributed by atoms with Crippen molar-refractivity contribution >= 4 is 17.6 Å². The van der Waals surface area contributed by atoms with Gasteiger partial charge in [-0.1, -0.05) is 37.3 Å². The molecule has 0 spiro atoms. The first-order chi connectivity index (χ1) is 12.6. The van der Waals surface area contributed by atoms with Crippen LogP contribution < -0.4 is 14.8 Å². The molecule has 1 N–H and O–H groups in total. The summed E-state index contributed by atoms with van der Waals surface area (Å²) in [6.07, 6.45) is -0.330. The largest absolute Gasteiger partial charge is 0.492 e. The second kappa shape index (κ2) is 10.1. The molecule has 0 bridgehead atoms. The van der Waals surface area contributed by atoms with Crippen LogP contribution in [0.1, 0.15) is 20.3 Å². The summed E-state index contributed by atoms with van der Waals surface area (Å²) in [5, 5.41) is 2.68. The summed E-state index contributed by atoms with van der Waals surface area (Å²) in [5.74, 6) is 0.115. The van der Waals surface area contributed by atoms with E-state index in [4.69, 9.17) is 14.2 Å². The standard InChI is InChI=1S/C20H23NO5/c1-3-17(26-15-10-6-5-7-11-15)20(23)25-14-19(22)21-16-12-8-9-13-18(16)24-4-2/h5-13,17H,3-4,14H2,1-2H3,(H,21,22)/t17-/m0/s1. The van der Waals surface area contributed by atoms with Gasteiger partial charge in [0.1, 0.15) is 11.5 Å². The predicted molar refractivity (Wildman–Crippen MR) is 98.3 cm³/mol. The minimum Gasteiger partial charge on any atom is -0.492 e. The Labute approximate surface area is 153 Å². The van der Waals surface area contributed by atoms with Crippen molar-refractivity contribution in [2.75, 3.05) is 18.5 Å². The van der Waals surface area contributed by atoms with E-state index in [2.05, 4.69) is 5.32 Å². The first-order valence-electron chi connectivity index (χ1n) is 8.54. The molecular formula is C20H23NO5. The minimum absolute atomic E-state index is 0.395. The highest BCUT2D eigenvalue weighted by Gasteiger charge is 2.21. The molecule has 0 heterocycles. The van der Waals surface area contributed by atoms with Crippen LogP contribution in [0.2, 0.25) is 0 Å². The third kappa shape index (κ3) is 5.81. The summed E-state index contributed by atoms with van der Waals surface area (Å²) in [7, 11) is 0. The van der Waals surface area contributed by atoms with Gasteiger partial charge >= 0.3 is 5.97 Å². The average Bonchev–Trinajstić information content (AvgIpc) is 2.67. The Hall–Kier alpha value is -3.02. The van der Waals surface area contributed by atoms with E-state index in [1.165, 1.54) is 0 Å². The first-order valence-corrected chi connectivity index (χ1v) is 8.54. The molecule has 0 aliphatic rings. The fraction of sp³-hybridized carbons (Fsp3) is 0.300. The number of ether oxygens (including phenoxy) is 3. The molecule has 0 unspecified atom stereocenters. The number of anilines is 1. The summed E-state index contributed by atoms with van der Waals surface area (Å²) in [4.78, 5) is 24.2. The number of para-hydroxylation sites is 3. The Morgan fingerprint density at radius 1 is 1.00 bits per heavy atom. The smallest absolute Gasteiger partial charge is 0.347 e.